The molecule has 34 heavy (non-hydrogen) atoms. The van der Waals surface area contributed by atoms with Crippen LogP contribution in [0, 0.1) is 12.7 Å². The fraction of sp³-hybridized carbons (Fsp3) is 0.231. The quantitative estimate of drug-likeness (QED) is 0.358. The monoisotopic (exact) mass is 462 g/mol. The Bertz CT molecular complexity index is 1230. The van der Waals surface area contributed by atoms with Crippen LogP contribution in [0.3, 0.4) is 0 Å². The van der Waals surface area contributed by atoms with Gasteiger partial charge in [-0.2, -0.15) is 4.98 Å². The van der Waals surface area contributed by atoms with Crippen LogP contribution in [0.1, 0.15) is 12.5 Å². The van der Waals surface area contributed by atoms with E-state index in [2.05, 4.69) is 15.4 Å². The van der Waals surface area contributed by atoms with Crippen LogP contribution in [0.25, 0.3) is 17.1 Å². The Kier molecular flexibility index (Phi) is 7.39. The Morgan fingerprint density at radius 3 is 2.56 bits per heavy atom. The smallest absolute Gasteiger partial charge is 0.336 e. The van der Waals surface area contributed by atoms with Crippen LogP contribution >= 0.6 is 0 Å². The average Bonchev–Trinajstić information content (AvgIpc) is 3.27. The Morgan fingerprint density at radius 2 is 1.82 bits per heavy atom. The van der Waals surface area contributed by atoms with Gasteiger partial charge >= 0.3 is 6.01 Å². The Morgan fingerprint density at radius 1 is 1.03 bits per heavy atom. The minimum absolute atomic E-state index is 0.187. The third kappa shape index (κ3) is 5.71. The number of aromatic nitrogens is 3. The molecular weight excluding hydrogens is 435 g/mol. The molecule has 1 unspecified atom stereocenters. The van der Waals surface area contributed by atoms with E-state index in [1.165, 1.54) is 12.1 Å². The van der Waals surface area contributed by atoms with Crippen LogP contribution in [-0.4, -0.2) is 45.7 Å². The normalized spacial score (nSPS) is 11.8. The first-order chi connectivity index (χ1) is 16.5. The van der Waals surface area contributed by atoms with Crippen molar-refractivity contribution in [2.75, 3.05) is 25.1 Å². The zero-order chi connectivity index (χ0) is 23.9. The Balaban J connectivity index is 1.42. The van der Waals surface area contributed by atoms with Gasteiger partial charge in [-0.05, 0) is 61.9 Å². The number of benzene rings is 3. The first kappa shape index (κ1) is 23.3. The van der Waals surface area contributed by atoms with Crippen molar-refractivity contribution in [3.63, 3.8) is 0 Å². The summed E-state index contributed by atoms with van der Waals surface area (Å²) in [4.78, 5) is 4.42. The highest BCUT2D eigenvalue weighted by Crippen LogP contribution is 2.25. The zero-order valence-corrected chi connectivity index (χ0v) is 19.1. The van der Waals surface area contributed by atoms with E-state index in [0.29, 0.717) is 24.5 Å². The second-order valence-electron chi connectivity index (χ2n) is 7.73. The molecule has 4 rings (SSSR count). The summed E-state index contributed by atoms with van der Waals surface area (Å²) < 4.78 is 26.6. The number of halogens is 1. The zero-order valence-electron chi connectivity index (χ0n) is 19.1. The highest BCUT2D eigenvalue weighted by molar-refractivity contribution is 5.59. The number of ether oxygens (including phenoxy) is 2. The molecule has 1 atom stereocenters. The number of nitrogens with zero attached hydrogens (tertiary/aromatic N) is 3. The van der Waals surface area contributed by atoms with Crippen molar-refractivity contribution >= 4 is 5.69 Å². The molecule has 8 heteroatoms. The molecule has 1 aromatic heterocycles. The summed E-state index contributed by atoms with van der Waals surface area (Å²) in [5.74, 6) is 0.890. The van der Waals surface area contributed by atoms with E-state index in [1.54, 1.807) is 16.8 Å². The molecule has 176 valence electrons. The predicted octanol–water partition coefficient (Wildman–Crippen LogP) is 4.63. The second kappa shape index (κ2) is 10.8. The number of aryl methyl sites for hydroxylation is 1. The molecule has 0 aliphatic carbocycles. The van der Waals surface area contributed by atoms with Gasteiger partial charge in [0.15, 0.2) is 5.82 Å². The van der Waals surface area contributed by atoms with Gasteiger partial charge < -0.3 is 19.9 Å². The molecule has 0 spiro atoms. The number of rotatable bonds is 10. The summed E-state index contributed by atoms with van der Waals surface area (Å²) in [6, 6.07) is 21.6. The fourth-order valence-electron chi connectivity index (χ4n) is 3.40. The number of hydrogen-bond acceptors (Lipinski definition) is 6. The molecular formula is C26H27FN4O3. The van der Waals surface area contributed by atoms with Gasteiger partial charge in [-0.3, -0.25) is 0 Å². The van der Waals surface area contributed by atoms with Crippen LogP contribution in [0.15, 0.2) is 72.8 Å². The van der Waals surface area contributed by atoms with E-state index >= 15 is 0 Å². The van der Waals surface area contributed by atoms with Gasteiger partial charge in [-0.15, -0.1) is 5.10 Å². The lowest BCUT2D eigenvalue weighted by atomic mass is 10.2. The summed E-state index contributed by atoms with van der Waals surface area (Å²) >= 11 is 0. The van der Waals surface area contributed by atoms with Gasteiger partial charge in [-0.1, -0.05) is 30.3 Å². The van der Waals surface area contributed by atoms with Crippen LogP contribution in [0.2, 0.25) is 0 Å². The van der Waals surface area contributed by atoms with E-state index in [9.17, 15) is 9.50 Å². The van der Waals surface area contributed by atoms with Crippen molar-refractivity contribution in [1.82, 2.24) is 14.8 Å². The maximum Gasteiger partial charge on any atom is 0.336 e. The highest BCUT2D eigenvalue weighted by atomic mass is 19.1. The van der Waals surface area contributed by atoms with Gasteiger partial charge in [0.25, 0.3) is 0 Å². The first-order valence-electron chi connectivity index (χ1n) is 11.1. The van der Waals surface area contributed by atoms with E-state index in [-0.39, 0.29) is 18.4 Å². The predicted molar refractivity (Wildman–Crippen MR) is 129 cm³/mol. The Labute approximate surface area is 197 Å². The molecule has 0 bridgehead atoms. The molecule has 7 nitrogen and oxygen atoms in total. The lowest BCUT2D eigenvalue weighted by molar-refractivity contribution is 0.117. The maximum absolute atomic E-state index is 13.8. The SMILES string of the molecule is CCOc1nc(-c2cccc(F)c2)n(-c2ccc(NCC(O)COc3ccccc3C)cc2)n1. The fourth-order valence-corrected chi connectivity index (χ4v) is 3.40. The first-order valence-corrected chi connectivity index (χ1v) is 11.1. The van der Waals surface area contributed by atoms with E-state index < -0.39 is 6.10 Å². The van der Waals surface area contributed by atoms with Crippen molar-refractivity contribution in [2.24, 2.45) is 0 Å². The number of aliphatic hydroxyl groups excluding tert-OH is 1. The Hall–Kier alpha value is -3.91. The number of hydrogen-bond donors (Lipinski definition) is 2. The van der Waals surface area contributed by atoms with Crippen LogP contribution in [-0.2, 0) is 0 Å². The molecule has 0 fully saturated rings. The van der Waals surface area contributed by atoms with Crippen molar-refractivity contribution in [1.29, 1.82) is 0 Å². The number of para-hydroxylation sites is 1. The molecule has 0 aliphatic heterocycles. The van der Waals surface area contributed by atoms with Crippen LogP contribution < -0.4 is 14.8 Å². The van der Waals surface area contributed by atoms with E-state index in [4.69, 9.17) is 9.47 Å². The van der Waals surface area contributed by atoms with Crippen molar-refractivity contribution in [2.45, 2.75) is 20.0 Å². The van der Waals surface area contributed by atoms with Gasteiger partial charge in [0.2, 0.25) is 0 Å². The van der Waals surface area contributed by atoms with E-state index in [1.807, 2.05) is 62.4 Å². The maximum atomic E-state index is 13.8. The lowest BCUT2D eigenvalue weighted by Crippen LogP contribution is -2.26. The third-order valence-electron chi connectivity index (χ3n) is 5.12. The number of nitrogens with one attached hydrogen (secondary N) is 1. The van der Waals surface area contributed by atoms with Gasteiger partial charge in [-0.25, -0.2) is 9.07 Å². The number of anilines is 1. The van der Waals surface area contributed by atoms with Crippen LogP contribution in [0.5, 0.6) is 11.8 Å². The average molecular weight is 463 g/mol. The second-order valence-corrected chi connectivity index (χ2v) is 7.73. The molecule has 0 saturated carbocycles. The van der Waals surface area contributed by atoms with Crippen molar-refractivity contribution in [3.05, 3.63) is 84.2 Å². The summed E-state index contributed by atoms with van der Waals surface area (Å²) in [5, 5.41) is 17.9. The van der Waals surface area contributed by atoms with Gasteiger partial charge in [0.05, 0.1) is 12.3 Å². The summed E-state index contributed by atoms with van der Waals surface area (Å²) in [6.45, 7) is 4.76. The van der Waals surface area contributed by atoms with Crippen molar-refractivity contribution in [3.8, 4) is 28.8 Å². The largest absolute Gasteiger partial charge is 0.491 e. The van der Waals surface area contributed by atoms with Crippen LogP contribution in [0.4, 0.5) is 10.1 Å². The number of aliphatic hydroxyl groups is 1. The molecule has 3 aromatic carbocycles. The molecule has 0 radical (unpaired) electrons. The van der Waals surface area contributed by atoms with Gasteiger partial charge in [0.1, 0.15) is 24.3 Å². The molecule has 4 aromatic rings. The standard InChI is InChI=1S/C26H27FN4O3/c1-3-33-26-29-25(19-8-6-9-20(27)15-19)31(30-26)22-13-11-21(12-14-22)28-16-23(32)17-34-24-10-5-4-7-18(24)2/h4-15,23,28,32H,3,16-17H2,1-2H3. The van der Waals surface area contributed by atoms with Crippen molar-refractivity contribution < 1.29 is 19.0 Å². The molecule has 1 heterocycles. The highest BCUT2D eigenvalue weighted by Gasteiger charge is 2.15. The molecule has 0 amide bonds. The molecule has 0 aliphatic rings. The molecule has 2 N–H and O–H groups in total. The van der Waals surface area contributed by atoms with Gasteiger partial charge in [0, 0.05) is 17.8 Å². The topological polar surface area (TPSA) is 81.4 Å². The third-order valence-corrected chi connectivity index (χ3v) is 5.12. The lowest BCUT2D eigenvalue weighted by Gasteiger charge is -2.15. The minimum atomic E-state index is -0.678. The summed E-state index contributed by atoms with van der Waals surface area (Å²) in [6.07, 6.45) is -0.678. The molecule has 0 saturated heterocycles. The van der Waals surface area contributed by atoms with E-state index in [0.717, 1.165) is 22.7 Å². The summed E-state index contributed by atoms with van der Waals surface area (Å²) in [5.41, 5.74) is 3.19. The minimum Gasteiger partial charge on any atom is -0.491 e. The summed E-state index contributed by atoms with van der Waals surface area (Å²) in [7, 11) is 0.